The van der Waals surface area contributed by atoms with E-state index in [0.717, 1.165) is 6.07 Å². The number of fused-ring (bicyclic) bond motifs is 1. The number of furan rings is 1. The van der Waals surface area contributed by atoms with E-state index in [1.54, 1.807) is 25.1 Å². The van der Waals surface area contributed by atoms with Gasteiger partial charge in [-0.3, -0.25) is 15.3 Å². The molecule has 0 aliphatic heterocycles. The summed E-state index contributed by atoms with van der Waals surface area (Å²) < 4.78 is 37.6. The van der Waals surface area contributed by atoms with E-state index >= 15 is 0 Å². The van der Waals surface area contributed by atoms with Crippen molar-refractivity contribution in [3.05, 3.63) is 47.0 Å². The molecule has 0 bridgehead atoms. The molecule has 1 spiro atoms. The number of sulfonamides is 1. The number of carbonyl (C=O) groups is 2. The highest BCUT2D eigenvalue weighted by Crippen LogP contribution is 2.57. The third kappa shape index (κ3) is 4.71. The van der Waals surface area contributed by atoms with Crippen LogP contribution < -0.4 is 21.5 Å². The second-order valence-corrected chi connectivity index (χ2v) is 11.7. The molecule has 1 saturated carbocycles. The van der Waals surface area contributed by atoms with Gasteiger partial charge in [-0.1, -0.05) is 30.4 Å². The van der Waals surface area contributed by atoms with Gasteiger partial charge in [0.2, 0.25) is 16.9 Å². The summed E-state index contributed by atoms with van der Waals surface area (Å²) in [5.41, 5.74) is 11.3. The molecule has 0 unspecified atom stereocenters. The lowest BCUT2D eigenvalue weighted by atomic mass is 9.57. The molecule has 2 aliphatic carbocycles. The molecule has 0 radical (unpaired) electrons. The summed E-state index contributed by atoms with van der Waals surface area (Å²) in [4.78, 5) is 28.9. The number of amides is 2. The predicted molar refractivity (Wildman–Crippen MR) is 132 cm³/mol. The lowest BCUT2D eigenvalue weighted by Crippen LogP contribution is -2.60. The third-order valence-electron chi connectivity index (χ3n) is 6.38. The molecular formula is C24H24ClN5O6S. The van der Waals surface area contributed by atoms with Gasteiger partial charge in [0.15, 0.2) is 17.0 Å². The monoisotopic (exact) mass is 545 g/mol. The first-order valence-corrected chi connectivity index (χ1v) is 13.4. The summed E-state index contributed by atoms with van der Waals surface area (Å²) in [5.74, 6) is 4.67. The Kier molecular flexibility index (Phi) is 5.87. The van der Waals surface area contributed by atoms with Crippen molar-refractivity contribution in [2.45, 2.75) is 55.3 Å². The number of carbonyl (C=O) groups excluding carboxylic acids is 2. The zero-order valence-electron chi connectivity index (χ0n) is 19.8. The number of hydrogen-bond donors (Lipinski definition) is 4. The molecule has 2 aromatic heterocycles. The zero-order valence-corrected chi connectivity index (χ0v) is 21.3. The second kappa shape index (κ2) is 8.59. The maximum Gasteiger partial charge on any atom is 0.297 e. The van der Waals surface area contributed by atoms with Crippen LogP contribution in [-0.4, -0.2) is 30.9 Å². The summed E-state index contributed by atoms with van der Waals surface area (Å²) in [6.45, 7) is 1.74. The molecular weight excluding hydrogens is 522 g/mol. The molecule has 37 heavy (non-hydrogen) atoms. The van der Waals surface area contributed by atoms with Crippen LogP contribution in [0.3, 0.4) is 0 Å². The number of nitrogens with zero attached hydrogens (tertiary/aromatic N) is 1. The Hall–Kier alpha value is -3.37. The van der Waals surface area contributed by atoms with E-state index in [0.29, 0.717) is 41.3 Å². The molecule has 1 aromatic carbocycles. The Morgan fingerprint density at radius 1 is 1.14 bits per heavy atom. The minimum atomic E-state index is -4.24. The first-order valence-electron chi connectivity index (χ1n) is 11.5. The molecule has 2 aliphatic rings. The molecule has 1 atom stereocenters. The molecule has 194 valence electrons. The lowest BCUT2D eigenvalue weighted by molar-refractivity contribution is -0.119. The highest BCUT2D eigenvalue weighted by atomic mass is 35.5. The predicted octanol–water partition coefficient (Wildman–Crippen LogP) is 2.11. The van der Waals surface area contributed by atoms with E-state index in [4.69, 9.17) is 31.9 Å². The maximum absolute atomic E-state index is 12.8. The van der Waals surface area contributed by atoms with E-state index in [9.17, 15) is 18.0 Å². The van der Waals surface area contributed by atoms with Gasteiger partial charge in [-0.25, -0.2) is 9.71 Å². The van der Waals surface area contributed by atoms with E-state index in [1.165, 1.54) is 6.07 Å². The molecule has 13 heteroatoms. The highest BCUT2D eigenvalue weighted by Gasteiger charge is 2.59. The van der Waals surface area contributed by atoms with Crippen LogP contribution in [0.1, 0.15) is 55.5 Å². The fourth-order valence-electron chi connectivity index (χ4n) is 4.90. The van der Waals surface area contributed by atoms with Crippen molar-refractivity contribution < 1.29 is 26.8 Å². The van der Waals surface area contributed by atoms with Gasteiger partial charge in [0.25, 0.3) is 15.9 Å². The van der Waals surface area contributed by atoms with Crippen LogP contribution >= 0.6 is 11.6 Å². The van der Waals surface area contributed by atoms with Crippen molar-refractivity contribution in [1.29, 1.82) is 0 Å². The van der Waals surface area contributed by atoms with E-state index in [-0.39, 0.29) is 18.6 Å². The van der Waals surface area contributed by atoms with Crippen LogP contribution in [0.4, 0.5) is 0 Å². The molecule has 6 N–H and O–H groups in total. The number of hydrogen-bond acceptors (Lipinski definition) is 9. The van der Waals surface area contributed by atoms with Crippen molar-refractivity contribution >= 4 is 44.5 Å². The number of aromatic nitrogens is 1. The van der Waals surface area contributed by atoms with Crippen molar-refractivity contribution in [3.63, 3.8) is 0 Å². The molecule has 3 aromatic rings. The summed E-state index contributed by atoms with van der Waals surface area (Å²) >= 11 is 6.03. The Morgan fingerprint density at radius 3 is 2.62 bits per heavy atom. The topological polar surface area (TPSA) is 184 Å². The normalized spacial score (nSPS) is 26.5. The standard InChI is InChI=1S/C24H24ClN5O6S/c1-2-3-18(31)30-37(33,34)19-7-6-17(35-19)20(32)29-24(27)9-8-22(13-24)11-23(26,12-22)21-28-15-10-14(25)4-5-16(15)36-21/h4-7,10H,2-3,11-13,26-27H2,1H3,(H,29,32)(H,30,31)/t22-,23-,24-/m0/s1. The molecule has 0 saturated heterocycles. The Bertz CT molecular complexity index is 1590. The van der Waals surface area contributed by atoms with Gasteiger partial charge in [0, 0.05) is 23.3 Å². The van der Waals surface area contributed by atoms with Gasteiger partial charge in [0.05, 0.1) is 5.54 Å². The van der Waals surface area contributed by atoms with Crippen LogP contribution in [0, 0.1) is 17.3 Å². The van der Waals surface area contributed by atoms with E-state index in [1.807, 2.05) is 4.72 Å². The molecule has 2 amide bonds. The molecule has 11 nitrogen and oxygen atoms in total. The van der Waals surface area contributed by atoms with E-state index in [2.05, 4.69) is 22.1 Å². The minimum absolute atomic E-state index is 0.0359. The molecule has 2 heterocycles. The van der Waals surface area contributed by atoms with Gasteiger partial charge < -0.3 is 19.9 Å². The number of rotatable bonds is 7. The Balaban J connectivity index is 1.24. The molecule has 5 rings (SSSR count). The van der Waals surface area contributed by atoms with Crippen molar-refractivity contribution in [1.82, 2.24) is 15.0 Å². The lowest BCUT2D eigenvalue weighted by Gasteiger charge is -2.49. The Morgan fingerprint density at radius 2 is 1.89 bits per heavy atom. The highest BCUT2D eigenvalue weighted by molar-refractivity contribution is 7.89. The first kappa shape index (κ1) is 25.3. The van der Waals surface area contributed by atoms with Gasteiger partial charge in [-0.05, 0) is 49.6 Å². The smallest absolute Gasteiger partial charge is 0.297 e. The summed E-state index contributed by atoms with van der Waals surface area (Å²) in [5, 5.41) is 2.59. The van der Waals surface area contributed by atoms with Gasteiger partial charge in [-0.2, -0.15) is 8.42 Å². The van der Waals surface area contributed by atoms with Crippen LogP contribution in [-0.2, 0) is 20.4 Å². The van der Waals surface area contributed by atoms with Crippen LogP contribution in [0.2, 0.25) is 5.02 Å². The van der Waals surface area contributed by atoms with E-state index < -0.39 is 43.5 Å². The fraction of sp³-hybridized carbons (Fsp3) is 0.375. The molecule has 1 fully saturated rings. The van der Waals surface area contributed by atoms with Crippen molar-refractivity contribution in [3.8, 4) is 11.8 Å². The third-order valence-corrected chi connectivity index (χ3v) is 7.86. The summed E-state index contributed by atoms with van der Waals surface area (Å²) in [7, 11) is -4.24. The van der Waals surface area contributed by atoms with Gasteiger partial charge >= 0.3 is 0 Å². The number of nitrogens with two attached hydrogens (primary N) is 2. The average Bonchev–Trinajstić information content (AvgIpc) is 3.50. The van der Waals surface area contributed by atoms with Crippen LogP contribution in [0.15, 0.2) is 44.3 Å². The van der Waals surface area contributed by atoms with Crippen molar-refractivity contribution in [2.24, 2.45) is 16.9 Å². The summed E-state index contributed by atoms with van der Waals surface area (Å²) in [6.07, 6.45) is 1.61. The number of nitrogens with one attached hydrogen (secondary N) is 2. The minimum Gasteiger partial charge on any atom is -0.439 e. The van der Waals surface area contributed by atoms with Crippen LogP contribution in [0.5, 0.6) is 0 Å². The summed E-state index contributed by atoms with van der Waals surface area (Å²) in [6, 6.07) is 7.40. The first-order chi connectivity index (χ1) is 17.3. The quantitative estimate of drug-likeness (QED) is 0.255. The maximum atomic E-state index is 12.8. The fourth-order valence-corrected chi connectivity index (χ4v) is 6.02. The average molecular weight is 546 g/mol. The largest absolute Gasteiger partial charge is 0.439 e. The number of halogens is 1. The number of oxazole rings is 1. The van der Waals surface area contributed by atoms with Crippen LogP contribution in [0.25, 0.3) is 11.1 Å². The second-order valence-electron chi connectivity index (χ2n) is 9.67. The zero-order chi connectivity index (χ0) is 26.6. The Labute approximate surface area is 217 Å². The SMILES string of the molecule is CCCC(=O)NS(=O)(=O)c1ccc(C(=O)N[C@@]2(N)C#C[C@]3(C2)C[C@@](N)(c2nc4cc(Cl)ccc4o2)C3)o1. The van der Waals surface area contributed by atoms with Gasteiger partial charge in [0.1, 0.15) is 5.52 Å². The van der Waals surface area contributed by atoms with Gasteiger partial charge in [-0.15, -0.1) is 0 Å². The van der Waals surface area contributed by atoms with Crippen molar-refractivity contribution in [2.75, 3.05) is 0 Å². The number of benzene rings is 1.